The molecular formula is C24H17BrCl2N2O3. The molecule has 0 bridgehead atoms. The molecule has 1 N–H and O–H groups in total. The molecular weight excluding hydrogens is 515 g/mol. The van der Waals surface area contributed by atoms with Gasteiger partial charge in [0.05, 0.1) is 11.4 Å². The van der Waals surface area contributed by atoms with Crippen LogP contribution in [0.1, 0.15) is 28.8 Å². The van der Waals surface area contributed by atoms with E-state index in [1.165, 1.54) is 9.36 Å². The van der Waals surface area contributed by atoms with E-state index in [-0.39, 0.29) is 5.56 Å². The fourth-order valence-corrected chi connectivity index (χ4v) is 3.98. The number of carbonyl (C=O) groups is 1. The number of aromatic nitrogens is 2. The average molecular weight is 532 g/mol. The molecule has 0 aliphatic rings. The Labute approximate surface area is 202 Å². The maximum Gasteiger partial charge on any atom is 0.286 e. The molecule has 32 heavy (non-hydrogen) atoms. The van der Waals surface area contributed by atoms with Crippen LogP contribution in [0.25, 0.3) is 11.4 Å². The SMILES string of the molecule is CC(C(=O)c1c(O)n(-c2ccc(Cl)cc2)n(-c2ccc(Cl)cc2)c1=O)c1ccc(Br)cc1. The van der Waals surface area contributed by atoms with Crippen LogP contribution in [0.5, 0.6) is 5.88 Å². The number of ketones is 1. The third-order valence-electron chi connectivity index (χ3n) is 5.18. The predicted molar refractivity (Wildman–Crippen MR) is 130 cm³/mol. The molecule has 0 fully saturated rings. The second-order valence-electron chi connectivity index (χ2n) is 7.22. The van der Waals surface area contributed by atoms with Crippen molar-refractivity contribution in [3.63, 3.8) is 0 Å². The molecule has 0 saturated carbocycles. The molecule has 0 spiro atoms. The number of carbonyl (C=O) groups excluding carboxylic acids is 1. The minimum absolute atomic E-state index is 0.287. The number of nitrogens with zero attached hydrogens (tertiary/aromatic N) is 2. The minimum atomic E-state index is -0.638. The van der Waals surface area contributed by atoms with E-state index >= 15 is 0 Å². The second-order valence-corrected chi connectivity index (χ2v) is 9.01. The zero-order valence-corrected chi connectivity index (χ0v) is 19.9. The quantitative estimate of drug-likeness (QED) is 0.303. The summed E-state index contributed by atoms with van der Waals surface area (Å²) in [5.41, 5.74) is 0.725. The molecule has 5 nitrogen and oxygen atoms in total. The van der Waals surface area contributed by atoms with Gasteiger partial charge >= 0.3 is 0 Å². The van der Waals surface area contributed by atoms with Crippen molar-refractivity contribution in [2.45, 2.75) is 12.8 Å². The fraction of sp³-hybridized carbons (Fsp3) is 0.0833. The summed E-state index contributed by atoms with van der Waals surface area (Å²) in [6.45, 7) is 1.71. The molecule has 1 heterocycles. The lowest BCUT2D eigenvalue weighted by molar-refractivity contribution is 0.0962. The second kappa shape index (κ2) is 8.98. The van der Waals surface area contributed by atoms with Crippen molar-refractivity contribution in [1.82, 2.24) is 9.36 Å². The maximum absolute atomic E-state index is 13.5. The van der Waals surface area contributed by atoms with Gasteiger partial charge in [-0.15, -0.1) is 0 Å². The Morgan fingerprint density at radius 1 is 0.844 bits per heavy atom. The zero-order chi connectivity index (χ0) is 23.0. The number of hydrogen-bond donors (Lipinski definition) is 1. The van der Waals surface area contributed by atoms with Crippen LogP contribution in [0.2, 0.25) is 10.0 Å². The van der Waals surface area contributed by atoms with Crippen molar-refractivity contribution in [3.05, 3.63) is 109 Å². The summed E-state index contributed by atoms with van der Waals surface area (Å²) in [7, 11) is 0. The Hall–Kier alpha value is -2.80. The van der Waals surface area contributed by atoms with Crippen molar-refractivity contribution in [1.29, 1.82) is 0 Å². The minimum Gasteiger partial charge on any atom is -0.493 e. The molecule has 4 rings (SSSR count). The van der Waals surface area contributed by atoms with Crippen LogP contribution in [0.3, 0.4) is 0 Å². The zero-order valence-electron chi connectivity index (χ0n) is 16.8. The Balaban J connectivity index is 1.92. The molecule has 0 amide bonds. The Bertz CT molecular complexity index is 1340. The van der Waals surface area contributed by atoms with Crippen LogP contribution < -0.4 is 5.56 Å². The topological polar surface area (TPSA) is 64.2 Å². The van der Waals surface area contributed by atoms with Gasteiger partial charge in [-0.25, -0.2) is 9.36 Å². The predicted octanol–water partition coefficient (Wildman–Crippen LogP) is 6.39. The normalized spacial score (nSPS) is 12.0. The lowest BCUT2D eigenvalue weighted by atomic mass is 9.93. The molecule has 0 saturated heterocycles. The highest BCUT2D eigenvalue weighted by atomic mass is 79.9. The summed E-state index contributed by atoms with van der Waals surface area (Å²) >= 11 is 15.4. The van der Waals surface area contributed by atoms with Gasteiger partial charge in [0.2, 0.25) is 5.88 Å². The van der Waals surface area contributed by atoms with E-state index in [0.717, 1.165) is 10.0 Å². The van der Waals surface area contributed by atoms with E-state index in [1.54, 1.807) is 67.6 Å². The molecule has 3 aromatic carbocycles. The standard InChI is InChI=1S/C24H17BrCl2N2O3/c1-14(15-2-4-16(25)5-3-15)22(30)21-23(31)28(19-10-6-17(26)7-11-19)29(24(21)32)20-12-8-18(27)9-13-20/h2-14,31H,1H3. The van der Waals surface area contributed by atoms with Crippen molar-refractivity contribution in [2.75, 3.05) is 0 Å². The van der Waals surface area contributed by atoms with Gasteiger partial charge in [0.15, 0.2) is 5.78 Å². The van der Waals surface area contributed by atoms with Gasteiger partial charge in [0.25, 0.3) is 5.56 Å². The summed E-state index contributed by atoms with van der Waals surface area (Å²) in [4.78, 5) is 26.8. The van der Waals surface area contributed by atoms with Crippen molar-refractivity contribution >= 4 is 44.9 Å². The number of rotatable bonds is 5. The first-order valence-electron chi connectivity index (χ1n) is 9.66. The van der Waals surface area contributed by atoms with Gasteiger partial charge in [-0.05, 0) is 66.2 Å². The summed E-state index contributed by atoms with van der Waals surface area (Å²) in [5.74, 6) is -1.56. The van der Waals surface area contributed by atoms with Crippen LogP contribution in [-0.4, -0.2) is 20.3 Å². The molecule has 1 unspecified atom stereocenters. The molecule has 162 valence electrons. The molecule has 1 atom stereocenters. The first-order valence-corrected chi connectivity index (χ1v) is 11.2. The summed E-state index contributed by atoms with van der Waals surface area (Å²) in [6.07, 6.45) is 0. The molecule has 0 aliphatic heterocycles. The molecule has 0 radical (unpaired) electrons. The van der Waals surface area contributed by atoms with Gasteiger partial charge in [-0.1, -0.05) is 58.2 Å². The molecule has 1 aromatic heterocycles. The van der Waals surface area contributed by atoms with Gasteiger partial charge in [-0.3, -0.25) is 9.59 Å². The largest absolute Gasteiger partial charge is 0.493 e. The third-order valence-corrected chi connectivity index (χ3v) is 6.22. The van der Waals surface area contributed by atoms with Crippen LogP contribution in [-0.2, 0) is 0 Å². The van der Waals surface area contributed by atoms with E-state index in [0.29, 0.717) is 21.4 Å². The lowest BCUT2D eigenvalue weighted by Gasteiger charge is -2.13. The Morgan fingerprint density at radius 2 is 1.31 bits per heavy atom. The first-order chi connectivity index (χ1) is 15.3. The number of halogens is 3. The van der Waals surface area contributed by atoms with Crippen LogP contribution >= 0.6 is 39.1 Å². The fourth-order valence-electron chi connectivity index (χ4n) is 3.46. The van der Waals surface area contributed by atoms with Crippen LogP contribution in [0.15, 0.2) is 82.1 Å². The van der Waals surface area contributed by atoms with Gasteiger partial charge in [0.1, 0.15) is 5.56 Å². The third kappa shape index (κ3) is 4.13. The van der Waals surface area contributed by atoms with E-state index in [1.807, 2.05) is 12.1 Å². The summed E-state index contributed by atoms with van der Waals surface area (Å²) in [5, 5.41) is 12.1. The highest BCUT2D eigenvalue weighted by Crippen LogP contribution is 2.29. The van der Waals surface area contributed by atoms with Crippen LogP contribution in [0.4, 0.5) is 0 Å². The maximum atomic E-state index is 13.5. The van der Waals surface area contributed by atoms with Crippen molar-refractivity contribution in [3.8, 4) is 17.3 Å². The molecule has 0 aliphatic carbocycles. The van der Waals surface area contributed by atoms with E-state index < -0.39 is 23.1 Å². The summed E-state index contributed by atoms with van der Waals surface area (Å²) < 4.78 is 3.42. The highest BCUT2D eigenvalue weighted by Gasteiger charge is 2.30. The van der Waals surface area contributed by atoms with Gasteiger partial charge in [-0.2, -0.15) is 0 Å². The first kappa shape index (κ1) is 22.4. The molecule has 4 aromatic rings. The number of Topliss-reactive ketones (excluding diaryl/α,β-unsaturated/α-hetero) is 1. The number of hydrogen-bond acceptors (Lipinski definition) is 3. The molecule has 8 heteroatoms. The van der Waals surface area contributed by atoms with E-state index in [2.05, 4.69) is 15.9 Å². The van der Waals surface area contributed by atoms with E-state index in [9.17, 15) is 14.7 Å². The monoisotopic (exact) mass is 530 g/mol. The Kier molecular flexibility index (Phi) is 6.29. The summed E-state index contributed by atoms with van der Waals surface area (Å²) in [6, 6.07) is 20.4. The number of benzene rings is 3. The Morgan fingerprint density at radius 3 is 1.81 bits per heavy atom. The average Bonchev–Trinajstić information content (AvgIpc) is 3.04. The highest BCUT2D eigenvalue weighted by molar-refractivity contribution is 9.10. The lowest BCUT2D eigenvalue weighted by Crippen LogP contribution is -2.24. The smallest absolute Gasteiger partial charge is 0.286 e. The van der Waals surface area contributed by atoms with Gasteiger partial charge in [0, 0.05) is 20.4 Å². The van der Waals surface area contributed by atoms with Crippen molar-refractivity contribution < 1.29 is 9.90 Å². The van der Waals surface area contributed by atoms with Crippen molar-refractivity contribution in [2.24, 2.45) is 0 Å². The van der Waals surface area contributed by atoms with E-state index in [4.69, 9.17) is 23.2 Å². The van der Waals surface area contributed by atoms with Crippen LogP contribution in [0, 0.1) is 0 Å². The van der Waals surface area contributed by atoms with Gasteiger partial charge < -0.3 is 5.11 Å². The number of aromatic hydroxyl groups is 1.